The number of carbonyl (C=O) groups excluding carboxylic acids is 2. The summed E-state index contributed by atoms with van der Waals surface area (Å²) in [4.78, 5) is 21.0. The molecule has 16 heavy (non-hydrogen) atoms. The summed E-state index contributed by atoms with van der Waals surface area (Å²) in [5.41, 5.74) is -0.352. The Hall–Kier alpha value is -1.06. The average molecular weight is 232 g/mol. The molecule has 96 valence electrons. The van der Waals surface area contributed by atoms with Crippen molar-refractivity contribution < 1.29 is 19.1 Å². The predicted molar refractivity (Wildman–Crippen MR) is 63.0 cm³/mol. The zero-order valence-electron chi connectivity index (χ0n) is 11.3. The van der Waals surface area contributed by atoms with Gasteiger partial charge in [0.15, 0.2) is 0 Å². The Morgan fingerprint density at radius 2 is 1.56 bits per heavy atom. The largest absolute Gasteiger partial charge is 0.469 e. The van der Waals surface area contributed by atoms with Crippen LogP contribution in [0.2, 0.25) is 0 Å². The molecule has 0 bridgehead atoms. The van der Waals surface area contributed by atoms with Gasteiger partial charge in [-0.1, -0.05) is 13.3 Å². The first kappa shape index (κ1) is 17.3. The number of rotatable bonds is 3. The summed E-state index contributed by atoms with van der Waals surface area (Å²) >= 11 is 0. The highest BCUT2D eigenvalue weighted by molar-refractivity contribution is 5.75. The molecule has 0 fully saturated rings. The number of hydrogen-bond acceptors (Lipinski definition) is 4. The molecule has 0 aromatic rings. The van der Waals surface area contributed by atoms with E-state index < -0.39 is 0 Å². The molecule has 0 aliphatic carbocycles. The zero-order valence-corrected chi connectivity index (χ0v) is 11.3. The summed E-state index contributed by atoms with van der Waals surface area (Å²) in [6.45, 7) is 7.50. The minimum Gasteiger partial charge on any atom is -0.469 e. The Bertz CT molecular complexity index is 204. The normalized spacial score (nSPS) is 9.88. The minimum atomic E-state index is -0.352. The number of methoxy groups -OCH3 is 2. The van der Waals surface area contributed by atoms with Crippen molar-refractivity contribution in [2.45, 2.75) is 47.0 Å². The summed E-state index contributed by atoms with van der Waals surface area (Å²) in [6.07, 6.45) is 2.55. The van der Waals surface area contributed by atoms with E-state index >= 15 is 0 Å². The molecule has 0 heterocycles. The van der Waals surface area contributed by atoms with E-state index in [9.17, 15) is 9.59 Å². The number of unbranched alkanes of at least 4 members (excludes halogenated alkanes) is 1. The number of esters is 2. The molecule has 0 unspecified atom stereocenters. The van der Waals surface area contributed by atoms with E-state index in [0.717, 1.165) is 12.8 Å². The highest BCUT2D eigenvalue weighted by Crippen LogP contribution is 2.13. The van der Waals surface area contributed by atoms with Gasteiger partial charge < -0.3 is 9.47 Å². The molecular weight excluding hydrogens is 208 g/mol. The monoisotopic (exact) mass is 232 g/mol. The SMILES string of the molecule is CCCCC(=O)OC.COC(=O)C(C)(C)C. The fraction of sp³-hybridized carbons (Fsp3) is 0.833. The summed E-state index contributed by atoms with van der Waals surface area (Å²) in [5.74, 6) is -0.274. The first-order valence-electron chi connectivity index (χ1n) is 5.44. The average Bonchev–Trinajstić information content (AvgIpc) is 2.24. The van der Waals surface area contributed by atoms with Crippen LogP contribution in [0.1, 0.15) is 47.0 Å². The summed E-state index contributed by atoms with van der Waals surface area (Å²) in [6, 6.07) is 0. The second-order valence-electron chi connectivity index (χ2n) is 4.42. The van der Waals surface area contributed by atoms with Crippen LogP contribution in [0.25, 0.3) is 0 Å². The third kappa shape index (κ3) is 11.0. The molecule has 0 aromatic carbocycles. The van der Waals surface area contributed by atoms with Gasteiger partial charge in [-0.2, -0.15) is 0 Å². The van der Waals surface area contributed by atoms with Gasteiger partial charge in [0.1, 0.15) is 0 Å². The summed E-state index contributed by atoms with van der Waals surface area (Å²) in [5, 5.41) is 0. The van der Waals surface area contributed by atoms with Gasteiger partial charge >= 0.3 is 11.9 Å². The minimum absolute atomic E-state index is 0.105. The number of hydrogen-bond donors (Lipinski definition) is 0. The lowest BCUT2D eigenvalue weighted by molar-refractivity contribution is -0.149. The quantitative estimate of drug-likeness (QED) is 0.702. The van der Waals surface area contributed by atoms with Gasteiger partial charge in [0.05, 0.1) is 19.6 Å². The Morgan fingerprint density at radius 1 is 1.06 bits per heavy atom. The second-order valence-corrected chi connectivity index (χ2v) is 4.42. The van der Waals surface area contributed by atoms with Crippen molar-refractivity contribution in [2.75, 3.05) is 14.2 Å². The molecule has 0 aliphatic heterocycles. The van der Waals surface area contributed by atoms with Crippen LogP contribution in [0, 0.1) is 5.41 Å². The lowest BCUT2D eigenvalue weighted by Crippen LogP contribution is -2.21. The van der Waals surface area contributed by atoms with Crippen LogP contribution >= 0.6 is 0 Å². The van der Waals surface area contributed by atoms with Crippen molar-refractivity contribution in [2.24, 2.45) is 5.41 Å². The van der Waals surface area contributed by atoms with Crippen LogP contribution in [0.4, 0.5) is 0 Å². The summed E-state index contributed by atoms with van der Waals surface area (Å²) in [7, 11) is 2.81. The summed E-state index contributed by atoms with van der Waals surface area (Å²) < 4.78 is 8.89. The van der Waals surface area contributed by atoms with Crippen molar-refractivity contribution in [1.82, 2.24) is 0 Å². The van der Waals surface area contributed by atoms with Crippen LogP contribution in [0.5, 0.6) is 0 Å². The van der Waals surface area contributed by atoms with Crippen molar-refractivity contribution >= 4 is 11.9 Å². The maximum atomic E-state index is 10.6. The molecule has 0 rings (SSSR count). The van der Waals surface area contributed by atoms with Crippen LogP contribution in [-0.2, 0) is 19.1 Å². The maximum absolute atomic E-state index is 10.6. The maximum Gasteiger partial charge on any atom is 0.310 e. The molecule has 4 heteroatoms. The molecule has 0 N–H and O–H groups in total. The van der Waals surface area contributed by atoms with Crippen LogP contribution in [-0.4, -0.2) is 26.2 Å². The van der Waals surface area contributed by atoms with Crippen molar-refractivity contribution in [3.63, 3.8) is 0 Å². The third-order valence-corrected chi connectivity index (χ3v) is 1.76. The second kappa shape index (κ2) is 9.19. The molecule has 0 aliphatic rings. The van der Waals surface area contributed by atoms with Crippen LogP contribution < -0.4 is 0 Å². The molecule has 4 nitrogen and oxygen atoms in total. The van der Waals surface area contributed by atoms with Gasteiger partial charge in [0, 0.05) is 6.42 Å². The molecule has 0 amide bonds. The Morgan fingerprint density at radius 3 is 1.75 bits per heavy atom. The molecular formula is C12H24O4. The number of ether oxygens (including phenoxy) is 2. The zero-order chi connectivity index (χ0) is 13.2. The molecule has 0 saturated heterocycles. The van der Waals surface area contributed by atoms with E-state index in [2.05, 4.69) is 9.47 Å². The fourth-order valence-electron chi connectivity index (χ4n) is 0.729. The molecule has 0 aromatic heterocycles. The van der Waals surface area contributed by atoms with E-state index in [1.807, 2.05) is 27.7 Å². The smallest absolute Gasteiger partial charge is 0.310 e. The molecule has 0 saturated carbocycles. The Kier molecular flexibility index (Phi) is 9.96. The first-order chi connectivity index (χ1) is 7.29. The van der Waals surface area contributed by atoms with Gasteiger partial charge in [-0.15, -0.1) is 0 Å². The van der Waals surface area contributed by atoms with E-state index in [4.69, 9.17) is 0 Å². The van der Waals surface area contributed by atoms with Crippen LogP contribution in [0.3, 0.4) is 0 Å². The van der Waals surface area contributed by atoms with E-state index in [0.29, 0.717) is 6.42 Å². The van der Waals surface area contributed by atoms with E-state index in [1.54, 1.807) is 0 Å². The van der Waals surface area contributed by atoms with Gasteiger partial charge in [-0.05, 0) is 27.2 Å². The van der Waals surface area contributed by atoms with Crippen molar-refractivity contribution in [3.8, 4) is 0 Å². The van der Waals surface area contributed by atoms with Gasteiger partial charge in [0.2, 0.25) is 0 Å². The van der Waals surface area contributed by atoms with Crippen molar-refractivity contribution in [1.29, 1.82) is 0 Å². The lowest BCUT2D eigenvalue weighted by Gasteiger charge is -2.13. The highest BCUT2D eigenvalue weighted by Gasteiger charge is 2.21. The van der Waals surface area contributed by atoms with E-state index in [-0.39, 0.29) is 17.4 Å². The topological polar surface area (TPSA) is 52.6 Å². The highest BCUT2D eigenvalue weighted by atomic mass is 16.5. The lowest BCUT2D eigenvalue weighted by atomic mass is 9.98. The van der Waals surface area contributed by atoms with E-state index in [1.165, 1.54) is 14.2 Å². The molecule has 0 radical (unpaired) electrons. The number of carbonyl (C=O) groups is 2. The van der Waals surface area contributed by atoms with Crippen LogP contribution in [0.15, 0.2) is 0 Å². The molecule has 0 spiro atoms. The predicted octanol–water partition coefficient (Wildman–Crippen LogP) is 2.56. The molecule has 0 atom stereocenters. The fourth-order valence-corrected chi connectivity index (χ4v) is 0.729. The van der Waals surface area contributed by atoms with Gasteiger partial charge in [0.25, 0.3) is 0 Å². The third-order valence-electron chi connectivity index (χ3n) is 1.76. The first-order valence-corrected chi connectivity index (χ1v) is 5.44. The van der Waals surface area contributed by atoms with Gasteiger partial charge in [-0.3, -0.25) is 9.59 Å². The van der Waals surface area contributed by atoms with Crippen molar-refractivity contribution in [3.05, 3.63) is 0 Å². The van der Waals surface area contributed by atoms with Gasteiger partial charge in [-0.25, -0.2) is 0 Å². The Labute approximate surface area is 98.3 Å². The standard InChI is InChI=1S/2C6H12O2/c1-6(2,3)5(7)8-4;1-3-4-5-6(7)8-2/h1-4H3;3-5H2,1-2H3. The Balaban J connectivity index is 0.